The van der Waals surface area contributed by atoms with E-state index in [1.165, 1.54) is 19.3 Å². The van der Waals surface area contributed by atoms with Gasteiger partial charge < -0.3 is 0 Å². The van der Waals surface area contributed by atoms with Crippen LogP contribution in [0.25, 0.3) is 0 Å². The quantitative estimate of drug-likeness (QED) is 0.647. The lowest BCUT2D eigenvalue weighted by atomic mass is 9.88. The van der Waals surface area contributed by atoms with Gasteiger partial charge in [-0.1, -0.05) is 25.2 Å². The first-order valence-corrected chi connectivity index (χ1v) is 9.62. The zero-order chi connectivity index (χ0) is 11.3. The molecule has 0 aromatic heterocycles. The van der Waals surface area contributed by atoms with Crippen LogP contribution < -0.4 is 0 Å². The molecule has 0 heterocycles. The molecule has 0 spiro atoms. The number of carbonyl (C=O) groups excluding carboxylic acids is 1. The molecular formula is C13H22OSi. The normalized spacial score (nSPS) is 25.7. The highest BCUT2D eigenvalue weighted by atomic mass is 28.3. The van der Waals surface area contributed by atoms with Crippen molar-refractivity contribution >= 4 is 13.9 Å². The molecule has 2 heteroatoms. The standard InChI is InChI=1S/C13H22OSi/c1-10-11(6-5-7-12(10)14)13(8-9-13)15(2,3)4/h5-9H2,1-4H3. The van der Waals surface area contributed by atoms with Gasteiger partial charge in [0.15, 0.2) is 5.78 Å². The SMILES string of the molecule is CC1=C(C2([Si](C)(C)C)CC2)CCCC1=O. The molecule has 2 rings (SSSR count). The topological polar surface area (TPSA) is 17.1 Å². The van der Waals surface area contributed by atoms with E-state index in [0.29, 0.717) is 10.8 Å². The monoisotopic (exact) mass is 222 g/mol. The lowest BCUT2D eigenvalue weighted by molar-refractivity contribution is -0.116. The van der Waals surface area contributed by atoms with Crippen LogP contribution in [0.15, 0.2) is 11.1 Å². The van der Waals surface area contributed by atoms with Crippen molar-refractivity contribution in [3.05, 3.63) is 11.1 Å². The second-order valence-electron chi connectivity index (χ2n) is 6.21. The molecule has 0 N–H and O–H groups in total. The molecule has 0 amide bonds. The van der Waals surface area contributed by atoms with E-state index in [9.17, 15) is 4.79 Å². The molecule has 1 fully saturated rings. The summed E-state index contributed by atoms with van der Waals surface area (Å²) in [7, 11) is -1.14. The zero-order valence-electron chi connectivity index (χ0n) is 10.4. The highest BCUT2D eigenvalue weighted by Gasteiger charge is 2.55. The molecule has 84 valence electrons. The molecular weight excluding hydrogens is 200 g/mol. The van der Waals surface area contributed by atoms with Crippen LogP contribution in [0, 0.1) is 0 Å². The Hall–Kier alpha value is -0.373. The Labute approximate surface area is 94.0 Å². The molecule has 1 saturated carbocycles. The minimum atomic E-state index is -1.14. The van der Waals surface area contributed by atoms with Gasteiger partial charge in [-0.05, 0) is 43.2 Å². The minimum absolute atomic E-state index is 0.417. The Morgan fingerprint density at radius 3 is 2.20 bits per heavy atom. The van der Waals surface area contributed by atoms with E-state index in [-0.39, 0.29) is 0 Å². The van der Waals surface area contributed by atoms with Crippen LogP contribution in [0.1, 0.15) is 39.0 Å². The molecule has 2 aliphatic carbocycles. The number of hydrogen-bond acceptors (Lipinski definition) is 1. The van der Waals surface area contributed by atoms with Crippen molar-refractivity contribution in [2.45, 2.75) is 63.7 Å². The van der Waals surface area contributed by atoms with Crippen LogP contribution in [0.4, 0.5) is 0 Å². The van der Waals surface area contributed by atoms with E-state index < -0.39 is 8.07 Å². The van der Waals surface area contributed by atoms with Crippen molar-refractivity contribution in [1.82, 2.24) is 0 Å². The Kier molecular flexibility index (Phi) is 2.45. The lowest BCUT2D eigenvalue weighted by Crippen LogP contribution is -2.33. The van der Waals surface area contributed by atoms with Gasteiger partial charge in [0, 0.05) is 6.42 Å². The molecule has 0 aromatic rings. The van der Waals surface area contributed by atoms with Crippen molar-refractivity contribution < 1.29 is 4.79 Å². The first-order chi connectivity index (χ1) is 6.88. The molecule has 0 atom stereocenters. The maximum Gasteiger partial charge on any atom is 0.158 e. The fourth-order valence-corrected chi connectivity index (χ4v) is 6.04. The zero-order valence-corrected chi connectivity index (χ0v) is 11.4. The van der Waals surface area contributed by atoms with Crippen molar-refractivity contribution in [2.24, 2.45) is 0 Å². The summed E-state index contributed by atoms with van der Waals surface area (Å²) in [5, 5.41) is 0.507. The fourth-order valence-electron chi connectivity index (χ4n) is 3.20. The maximum atomic E-state index is 11.8. The summed E-state index contributed by atoms with van der Waals surface area (Å²) in [6.45, 7) is 9.44. The number of ketones is 1. The average molecular weight is 222 g/mol. The van der Waals surface area contributed by atoms with E-state index in [0.717, 1.165) is 18.4 Å². The number of hydrogen-bond donors (Lipinski definition) is 0. The Morgan fingerprint density at radius 2 is 1.73 bits per heavy atom. The molecule has 1 nitrogen and oxygen atoms in total. The van der Waals surface area contributed by atoms with E-state index in [1.54, 1.807) is 5.57 Å². The van der Waals surface area contributed by atoms with Crippen LogP contribution in [-0.4, -0.2) is 13.9 Å². The van der Waals surface area contributed by atoms with Crippen LogP contribution in [0.5, 0.6) is 0 Å². The van der Waals surface area contributed by atoms with Crippen molar-refractivity contribution in [3.8, 4) is 0 Å². The number of carbonyl (C=O) groups is 1. The molecule has 2 aliphatic rings. The van der Waals surface area contributed by atoms with Crippen molar-refractivity contribution in [1.29, 1.82) is 0 Å². The van der Waals surface area contributed by atoms with Gasteiger partial charge in [0.25, 0.3) is 0 Å². The Bertz CT molecular complexity index is 329. The third-order valence-corrected chi connectivity index (χ3v) is 8.14. The average Bonchev–Trinajstić information content (AvgIpc) is 2.89. The van der Waals surface area contributed by atoms with Gasteiger partial charge in [-0.2, -0.15) is 0 Å². The second kappa shape index (κ2) is 3.31. The molecule has 0 aliphatic heterocycles. The highest BCUT2D eigenvalue weighted by molar-refractivity contribution is 6.80. The third kappa shape index (κ3) is 1.63. The predicted molar refractivity (Wildman–Crippen MR) is 66.8 cm³/mol. The van der Waals surface area contributed by atoms with Crippen molar-refractivity contribution in [2.75, 3.05) is 0 Å². The van der Waals surface area contributed by atoms with Gasteiger partial charge in [0.1, 0.15) is 0 Å². The smallest absolute Gasteiger partial charge is 0.158 e. The first kappa shape index (κ1) is 11.1. The molecule has 0 unspecified atom stereocenters. The number of rotatable bonds is 2. The number of Topliss-reactive ketones (excluding diaryl/α,β-unsaturated/α-hetero) is 1. The van der Waals surface area contributed by atoms with Gasteiger partial charge in [0.05, 0.1) is 8.07 Å². The lowest BCUT2D eigenvalue weighted by Gasteiger charge is -2.34. The van der Waals surface area contributed by atoms with Crippen molar-refractivity contribution in [3.63, 3.8) is 0 Å². The summed E-state index contributed by atoms with van der Waals surface area (Å²) in [6.07, 6.45) is 5.78. The van der Waals surface area contributed by atoms with E-state index in [2.05, 4.69) is 26.6 Å². The van der Waals surface area contributed by atoms with Gasteiger partial charge in [0.2, 0.25) is 0 Å². The van der Waals surface area contributed by atoms with Crippen LogP contribution in [0.2, 0.25) is 24.7 Å². The van der Waals surface area contributed by atoms with Crippen LogP contribution in [-0.2, 0) is 4.79 Å². The molecule has 0 radical (unpaired) electrons. The maximum absolute atomic E-state index is 11.8. The summed E-state index contributed by atoms with van der Waals surface area (Å²) in [5.41, 5.74) is 2.68. The van der Waals surface area contributed by atoms with Gasteiger partial charge >= 0.3 is 0 Å². The largest absolute Gasteiger partial charge is 0.295 e. The molecule has 15 heavy (non-hydrogen) atoms. The van der Waals surface area contributed by atoms with E-state index >= 15 is 0 Å². The molecule has 0 saturated heterocycles. The van der Waals surface area contributed by atoms with Gasteiger partial charge in [-0.3, -0.25) is 4.79 Å². The fraction of sp³-hybridized carbons (Fsp3) is 0.769. The van der Waals surface area contributed by atoms with Gasteiger partial charge in [-0.15, -0.1) is 0 Å². The van der Waals surface area contributed by atoms with Crippen LogP contribution >= 0.6 is 0 Å². The highest BCUT2D eigenvalue weighted by Crippen LogP contribution is 2.67. The summed E-state index contributed by atoms with van der Waals surface area (Å²) in [4.78, 5) is 11.8. The number of allylic oxidation sites excluding steroid dienone is 2. The molecule has 0 aromatic carbocycles. The third-order valence-electron chi connectivity index (χ3n) is 4.46. The van der Waals surface area contributed by atoms with E-state index in [1.807, 2.05) is 0 Å². The predicted octanol–water partition coefficient (Wildman–Crippen LogP) is 3.93. The van der Waals surface area contributed by atoms with E-state index in [4.69, 9.17) is 0 Å². The second-order valence-corrected chi connectivity index (χ2v) is 11.7. The molecule has 0 bridgehead atoms. The summed E-state index contributed by atoms with van der Waals surface area (Å²) in [5.74, 6) is 0.417. The Balaban J connectivity index is 2.39. The van der Waals surface area contributed by atoms with Gasteiger partial charge in [-0.25, -0.2) is 0 Å². The summed E-state index contributed by atoms with van der Waals surface area (Å²) < 4.78 is 0. The van der Waals surface area contributed by atoms with Crippen LogP contribution in [0.3, 0.4) is 0 Å². The first-order valence-electron chi connectivity index (χ1n) is 6.12. The minimum Gasteiger partial charge on any atom is -0.295 e. The summed E-state index contributed by atoms with van der Waals surface area (Å²) in [6, 6.07) is 0. The Morgan fingerprint density at radius 1 is 1.13 bits per heavy atom. The summed E-state index contributed by atoms with van der Waals surface area (Å²) >= 11 is 0.